The van der Waals surface area contributed by atoms with Gasteiger partial charge in [0.25, 0.3) is 0 Å². The first-order valence-corrected chi connectivity index (χ1v) is 10.8. The SMILES string of the molecule is COc1cc(/C=C2\N=C(c3cc(I)ccc3Cl)OC2=O)ccc1OC(=O)c1ccccc1. The lowest BCUT2D eigenvalue weighted by molar-refractivity contribution is -0.129. The summed E-state index contributed by atoms with van der Waals surface area (Å²) < 4.78 is 17.0. The van der Waals surface area contributed by atoms with Crippen LogP contribution in [0.25, 0.3) is 6.08 Å². The number of rotatable bonds is 5. The van der Waals surface area contributed by atoms with E-state index in [9.17, 15) is 9.59 Å². The maximum Gasteiger partial charge on any atom is 0.363 e. The molecule has 0 fully saturated rings. The van der Waals surface area contributed by atoms with Crippen molar-refractivity contribution in [1.82, 2.24) is 0 Å². The first-order chi connectivity index (χ1) is 15.4. The Labute approximate surface area is 202 Å². The number of ether oxygens (including phenoxy) is 3. The van der Waals surface area contributed by atoms with E-state index in [0.717, 1.165) is 3.57 Å². The molecule has 0 spiro atoms. The number of cyclic esters (lactones) is 1. The maximum absolute atomic E-state index is 12.3. The minimum atomic E-state index is -0.589. The van der Waals surface area contributed by atoms with Crippen molar-refractivity contribution in [3.8, 4) is 11.5 Å². The summed E-state index contributed by atoms with van der Waals surface area (Å²) >= 11 is 8.36. The molecule has 160 valence electrons. The first-order valence-electron chi connectivity index (χ1n) is 9.38. The largest absolute Gasteiger partial charge is 0.493 e. The van der Waals surface area contributed by atoms with E-state index in [0.29, 0.717) is 27.5 Å². The lowest BCUT2D eigenvalue weighted by Gasteiger charge is -2.10. The van der Waals surface area contributed by atoms with Gasteiger partial charge in [-0.2, -0.15) is 0 Å². The van der Waals surface area contributed by atoms with Crippen LogP contribution >= 0.6 is 34.2 Å². The average molecular weight is 560 g/mol. The number of hydrogen-bond donors (Lipinski definition) is 0. The zero-order valence-corrected chi connectivity index (χ0v) is 19.6. The predicted molar refractivity (Wildman–Crippen MR) is 129 cm³/mol. The second-order valence-electron chi connectivity index (χ2n) is 6.63. The van der Waals surface area contributed by atoms with E-state index in [4.69, 9.17) is 25.8 Å². The van der Waals surface area contributed by atoms with Gasteiger partial charge in [0.2, 0.25) is 5.90 Å². The molecular weight excluding hydrogens is 545 g/mol. The molecule has 0 saturated heterocycles. The van der Waals surface area contributed by atoms with Crippen LogP contribution < -0.4 is 9.47 Å². The van der Waals surface area contributed by atoms with Gasteiger partial charge in [0, 0.05) is 3.57 Å². The van der Waals surface area contributed by atoms with Gasteiger partial charge in [0.05, 0.1) is 23.3 Å². The molecule has 4 rings (SSSR count). The minimum absolute atomic E-state index is 0.117. The van der Waals surface area contributed by atoms with E-state index in [2.05, 4.69) is 27.6 Å². The van der Waals surface area contributed by atoms with Crippen LogP contribution in [-0.4, -0.2) is 24.9 Å². The van der Waals surface area contributed by atoms with Crippen LogP contribution in [0, 0.1) is 3.57 Å². The number of nitrogens with zero attached hydrogens (tertiary/aromatic N) is 1. The number of halogens is 2. The smallest absolute Gasteiger partial charge is 0.363 e. The summed E-state index contributed by atoms with van der Waals surface area (Å²) in [5.74, 6) is -0.358. The van der Waals surface area contributed by atoms with Crippen LogP contribution in [-0.2, 0) is 9.53 Å². The lowest BCUT2D eigenvalue weighted by atomic mass is 10.1. The molecule has 0 unspecified atom stereocenters. The van der Waals surface area contributed by atoms with Crippen molar-refractivity contribution in [2.75, 3.05) is 7.11 Å². The number of methoxy groups -OCH3 is 1. The van der Waals surface area contributed by atoms with E-state index in [-0.39, 0.29) is 17.3 Å². The molecule has 0 N–H and O–H groups in total. The molecule has 32 heavy (non-hydrogen) atoms. The summed E-state index contributed by atoms with van der Waals surface area (Å²) in [4.78, 5) is 29.0. The van der Waals surface area contributed by atoms with Gasteiger partial charge < -0.3 is 14.2 Å². The molecule has 8 heteroatoms. The number of aliphatic imine (C=N–C) groups is 1. The van der Waals surface area contributed by atoms with Crippen LogP contribution in [0.1, 0.15) is 21.5 Å². The Morgan fingerprint density at radius 1 is 1.06 bits per heavy atom. The van der Waals surface area contributed by atoms with E-state index >= 15 is 0 Å². The first kappa shape index (κ1) is 22.0. The molecule has 0 aliphatic carbocycles. The van der Waals surface area contributed by atoms with Crippen molar-refractivity contribution in [2.45, 2.75) is 0 Å². The third-order valence-corrected chi connectivity index (χ3v) is 5.48. The molecular formula is C24H15ClINO5. The minimum Gasteiger partial charge on any atom is -0.493 e. The van der Waals surface area contributed by atoms with Gasteiger partial charge in [0.1, 0.15) is 0 Å². The molecule has 0 radical (unpaired) electrons. The van der Waals surface area contributed by atoms with Crippen molar-refractivity contribution >= 4 is 58.1 Å². The Balaban J connectivity index is 1.60. The van der Waals surface area contributed by atoms with Gasteiger partial charge in [-0.3, -0.25) is 0 Å². The van der Waals surface area contributed by atoms with Crippen molar-refractivity contribution in [2.24, 2.45) is 4.99 Å². The second kappa shape index (κ2) is 9.54. The molecule has 3 aromatic carbocycles. The van der Waals surface area contributed by atoms with Gasteiger partial charge >= 0.3 is 11.9 Å². The second-order valence-corrected chi connectivity index (χ2v) is 8.28. The summed E-state index contributed by atoms with van der Waals surface area (Å²) in [5.41, 5.74) is 1.69. The molecule has 0 atom stereocenters. The predicted octanol–water partition coefficient (Wildman–Crippen LogP) is 5.52. The molecule has 1 aliphatic rings. The Bertz CT molecular complexity index is 1270. The number of hydrogen-bond acceptors (Lipinski definition) is 6. The normalized spacial score (nSPS) is 14.2. The van der Waals surface area contributed by atoms with Gasteiger partial charge in [-0.05, 0) is 76.7 Å². The topological polar surface area (TPSA) is 74.2 Å². The fourth-order valence-electron chi connectivity index (χ4n) is 2.93. The van der Waals surface area contributed by atoms with Crippen LogP contribution in [0.4, 0.5) is 0 Å². The highest BCUT2D eigenvalue weighted by Gasteiger charge is 2.26. The number of benzene rings is 3. The number of esters is 2. The quantitative estimate of drug-likeness (QED) is 0.178. The summed E-state index contributed by atoms with van der Waals surface area (Å²) in [6, 6.07) is 18.9. The van der Waals surface area contributed by atoms with Gasteiger partial charge in [-0.15, -0.1) is 0 Å². The van der Waals surface area contributed by atoms with Crippen molar-refractivity contribution in [3.05, 3.63) is 97.7 Å². The fourth-order valence-corrected chi connectivity index (χ4v) is 3.62. The molecule has 0 saturated carbocycles. The van der Waals surface area contributed by atoms with E-state index in [1.165, 1.54) is 7.11 Å². The maximum atomic E-state index is 12.3. The molecule has 1 heterocycles. The summed E-state index contributed by atoms with van der Waals surface area (Å²) in [6.07, 6.45) is 1.56. The molecule has 0 bridgehead atoms. The van der Waals surface area contributed by atoms with E-state index in [1.54, 1.807) is 60.7 Å². The van der Waals surface area contributed by atoms with Gasteiger partial charge in [0.15, 0.2) is 17.2 Å². The number of carbonyl (C=O) groups excluding carboxylic acids is 2. The zero-order chi connectivity index (χ0) is 22.7. The summed E-state index contributed by atoms with van der Waals surface area (Å²) in [6.45, 7) is 0. The molecule has 0 aromatic heterocycles. The summed E-state index contributed by atoms with van der Waals surface area (Å²) in [7, 11) is 1.46. The molecule has 1 aliphatic heterocycles. The van der Waals surface area contributed by atoms with Crippen molar-refractivity contribution in [3.63, 3.8) is 0 Å². The standard InChI is InChI=1S/C24H15ClINO5/c1-30-21-12-14(7-10-20(21)31-23(28)15-5-3-2-4-6-15)11-19-24(29)32-22(27-19)17-13-16(26)8-9-18(17)25/h2-13H,1H3/b19-11-. The van der Waals surface area contributed by atoms with E-state index in [1.807, 2.05) is 12.1 Å². The Kier molecular flexibility index (Phi) is 6.57. The number of carbonyl (C=O) groups is 2. The third-order valence-electron chi connectivity index (χ3n) is 4.48. The Morgan fingerprint density at radius 2 is 1.84 bits per heavy atom. The average Bonchev–Trinajstić information content (AvgIpc) is 3.16. The highest BCUT2D eigenvalue weighted by molar-refractivity contribution is 14.1. The van der Waals surface area contributed by atoms with Crippen LogP contribution in [0.5, 0.6) is 11.5 Å². The third kappa shape index (κ3) is 4.84. The van der Waals surface area contributed by atoms with Crippen LogP contribution in [0.3, 0.4) is 0 Å². The Morgan fingerprint density at radius 3 is 2.59 bits per heavy atom. The lowest BCUT2D eigenvalue weighted by Crippen LogP contribution is -2.09. The van der Waals surface area contributed by atoms with Gasteiger partial charge in [-0.25, -0.2) is 14.6 Å². The highest BCUT2D eigenvalue weighted by atomic mass is 127. The van der Waals surface area contributed by atoms with E-state index < -0.39 is 11.9 Å². The molecule has 3 aromatic rings. The highest BCUT2D eigenvalue weighted by Crippen LogP contribution is 2.31. The van der Waals surface area contributed by atoms with Crippen LogP contribution in [0.15, 0.2) is 77.4 Å². The van der Waals surface area contributed by atoms with Crippen molar-refractivity contribution < 1.29 is 23.8 Å². The molecule has 6 nitrogen and oxygen atoms in total. The molecule has 0 amide bonds. The van der Waals surface area contributed by atoms with Crippen LogP contribution in [0.2, 0.25) is 5.02 Å². The zero-order valence-electron chi connectivity index (χ0n) is 16.7. The summed E-state index contributed by atoms with van der Waals surface area (Å²) in [5, 5.41) is 0.435. The monoisotopic (exact) mass is 559 g/mol. The van der Waals surface area contributed by atoms with Crippen molar-refractivity contribution in [1.29, 1.82) is 0 Å². The Hall–Kier alpha value is -3.17. The fraction of sp³-hybridized carbons (Fsp3) is 0.0417. The van der Waals surface area contributed by atoms with Gasteiger partial charge in [-0.1, -0.05) is 35.9 Å².